The zero-order chi connectivity index (χ0) is 14.5. The van der Waals surface area contributed by atoms with Crippen LogP contribution in [0.2, 0.25) is 0 Å². The van der Waals surface area contributed by atoms with Crippen molar-refractivity contribution in [1.82, 2.24) is 10.2 Å². The Morgan fingerprint density at radius 2 is 1.84 bits per heavy atom. The topological polar surface area (TPSA) is 69.6 Å². The maximum atomic E-state index is 12.0. The van der Waals surface area contributed by atoms with Gasteiger partial charge in [-0.15, -0.1) is 0 Å². The lowest BCUT2D eigenvalue weighted by Crippen LogP contribution is -2.44. The Balaban J connectivity index is 2.55. The summed E-state index contributed by atoms with van der Waals surface area (Å²) in [6.07, 6.45) is 4.25. The van der Waals surface area contributed by atoms with E-state index in [0.717, 1.165) is 25.8 Å². The summed E-state index contributed by atoms with van der Waals surface area (Å²) in [7, 11) is 3.89. The lowest BCUT2D eigenvalue weighted by atomic mass is 9.71. The average molecular weight is 270 g/mol. The van der Waals surface area contributed by atoms with Crippen molar-refractivity contribution in [2.24, 2.45) is 5.41 Å². The molecule has 1 unspecified atom stereocenters. The summed E-state index contributed by atoms with van der Waals surface area (Å²) in [4.78, 5) is 25.5. The van der Waals surface area contributed by atoms with Crippen LogP contribution in [0.25, 0.3) is 0 Å². The number of nitrogens with zero attached hydrogens (tertiary/aromatic N) is 1. The van der Waals surface area contributed by atoms with Gasteiger partial charge >= 0.3 is 5.97 Å². The van der Waals surface area contributed by atoms with Crippen LogP contribution >= 0.6 is 0 Å². The molecule has 0 aliphatic heterocycles. The van der Waals surface area contributed by atoms with Gasteiger partial charge in [0.25, 0.3) is 0 Å². The maximum Gasteiger partial charge on any atom is 0.310 e. The van der Waals surface area contributed by atoms with Crippen molar-refractivity contribution in [3.8, 4) is 0 Å². The van der Waals surface area contributed by atoms with Crippen LogP contribution in [-0.2, 0) is 9.59 Å². The summed E-state index contributed by atoms with van der Waals surface area (Å²) in [5.74, 6) is -0.957. The van der Waals surface area contributed by atoms with E-state index in [4.69, 9.17) is 0 Å². The highest BCUT2D eigenvalue weighted by Crippen LogP contribution is 2.39. The number of carbonyl (C=O) groups excluding carboxylic acids is 1. The largest absolute Gasteiger partial charge is 0.481 e. The third-order valence-electron chi connectivity index (χ3n) is 3.81. The summed E-state index contributed by atoms with van der Waals surface area (Å²) in [6, 6.07) is 0.0388. The fraction of sp³-hybridized carbons (Fsp3) is 0.857. The number of aliphatic carboxylic acids is 1. The highest BCUT2D eigenvalue weighted by atomic mass is 16.4. The monoisotopic (exact) mass is 270 g/mol. The van der Waals surface area contributed by atoms with Gasteiger partial charge in [0.1, 0.15) is 0 Å². The molecule has 5 nitrogen and oxygen atoms in total. The van der Waals surface area contributed by atoms with Gasteiger partial charge in [-0.3, -0.25) is 9.59 Å². The van der Waals surface area contributed by atoms with E-state index in [2.05, 4.69) is 5.32 Å². The van der Waals surface area contributed by atoms with Gasteiger partial charge in [0.05, 0.1) is 5.41 Å². The van der Waals surface area contributed by atoms with Gasteiger partial charge in [0.2, 0.25) is 5.91 Å². The van der Waals surface area contributed by atoms with Crippen molar-refractivity contribution in [2.75, 3.05) is 20.6 Å². The number of hydrogen-bond donors (Lipinski definition) is 2. The Hall–Kier alpha value is -1.10. The SMILES string of the molecule is CC(CN(C)C)NC(=O)CC1(C(=O)O)CCCCC1. The molecule has 0 heterocycles. The van der Waals surface area contributed by atoms with E-state index in [1.807, 2.05) is 25.9 Å². The fourth-order valence-electron chi connectivity index (χ4n) is 2.92. The molecule has 1 aliphatic rings. The predicted molar refractivity (Wildman–Crippen MR) is 73.9 cm³/mol. The molecule has 1 fully saturated rings. The molecule has 0 bridgehead atoms. The minimum Gasteiger partial charge on any atom is -0.481 e. The van der Waals surface area contributed by atoms with Crippen molar-refractivity contribution in [2.45, 2.75) is 51.5 Å². The van der Waals surface area contributed by atoms with Crippen molar-refractivity contribution in [3.63, 3.8) is 0 Å². The van der Waals surface area contributed by atoms with Crippen molar-refractivity contribution < 1.29 is 14.7 Å². The standard InChI is InChI=1S/C14H26N2O3/c1-11(10-16(2)3)15-12(17)9-14(13(18)19)7-5-4-6-8-14/h11H,4-10H2,1-3H3,(H,15,17)(H,18,19). The average Bonchev–Trinajstić information content (AvgIpc) is 2.28. The van der Waals surface area contributed by atoms with Crippen LogP contribution in [0.1, 0.15) is 45.4 Å². The maximum absolute atomic E-state index is 12.0. The molecule has 19 heavy (non-hydrogen) atoms. The van der Waals surface area contributed by atoms with Crippen LogP contribution in [0.15, 0.2) is 0 Å². The van der Waals surface area contributed by atoms with E-state index in [1.165, 1.54) is 0 Å². The molecule has 5 heteroatoms. The molecule has 0 aromatic heterocycles. The number of likely N-dealkylation sites (N-methyl/N-ethyl adjacent to an activating group) is 1. The minimum atomic E-state index is -0.833. The first-order valence-corrected chi connectivity index (χ1v) is 7.03. The molecule has 0 spiro atoms. The van der Waals surface area contributed by atoms with Gasteiger partial charge in [-0.2, -0.15) is 0 Å². The Morgan fingerprint density at radius 1 is 1.26 bits per heavy atom. The van der Waals surface area contributed by atoms with Crippen LogP contribution in [0.4, 0.5) is 0 Å². The lowest BCUT2D eigenvalue weighted by Gasteiger charge is -2.33. The number of carboxylic acid groups (broad SMARTS) is 1. The van der Waals surface area contributed by atoms with Crippen LogP contribution < -0.4 is 5.32 Å². The first-order valence-electron chi connectivity index (χ1n) is 7.03. The highest BCUT2D eigenvalue weighted by molar-refractivity contribution is 5.85. The molecule has 2 N–H and O–H groups in total. The molecule has 110 valence electrons. The molecule has 1 rings (SSSR count). The summed E-state index contributed by atoms with van der Waals surface area (Å²) in [6.45, 7) is 2.69. The normalized spacial score (nSPS) is 20.0. The number of carbonyl (C=O) groups is 2. The summed E-state index contributed by atoms with van der Waals surface area (Å²) in [5, 5.41) is 12.3. The van der Waals surface area contributed by atoms with Crippen LogP contribution in [0, 0.1) is 5.41 Å². The Morgan fingerprint density at radius 3 is 2.32 bits per heavy atom. The van der Waals surface area contributed by atoms with E-state index >= 15 is 0 Å². The second-order valence-corrected chi connectivity index (χ2v) is 6.05. The van der Waals surface area contributed by atoms with Gasteiger partial charge in [-0.25, -0.2) is 0 Å². The third kappa shape index (κ3) is 4.82. The van der Waals surface area contributed by atoms with E-state index in [1.54, 1.807) is 0 Å². The zero-order valence-corrected chi connectivity index (χ0v) is 12.2. The highest BCUT2D eigenvalue weighted by Gasteiger charge is 2.41. The summed E-state index contributed by atoms with van der Waals surface area (Å²) in [5.41, 5.74) is -0.833. The molecule has 0 aromatic carbocycles. The van der Waals surface area contributed by atoms with Crippen molar-refractivity contribution >= 4 is 11.9 Å². The molecule has 0 saturated heterocycles. The number of amides is 1. The quantitative estimate of drug-likeness (QED) is 0.767. The molecule has 1 saturated carbocycles. The van der Waals surface area contributed by atoms with Crippen molar-refractivity contribution in [3.05, 3.63) is 0 Å². The molecule has 1 atom stereocenters. The third-order valence-corrected chi connectivity index (χ3v) is 3.81. The Labute approximate surface area is 115 Å². The van der Waals surface area contributed by atoms with E-state index < -0.39 is 11.4 Å². The zero-order valence-electron chi connectivity index (χ0n) is 12.2. The fourth-order valence-corrected chi connectivity index (χ4v) is 2.92. The number of nitrogens with one attached hydrogen (secondary N) is 1. The van der Waals surface area contributed by atoms with E-state index in [9.17, 15) is 14.7 Å². The summed E-state index contributed by atoms with van der Waals surface area (Å²) < 4.78 is 0. The molecular formula is C14H26N2O3. The summed E-state index contributed by atoms with van der Waals surface area (Å²) >= 11 is 0. The first kappa shape index (κ1) is 16.0. The molecule has 0 radical (unpaired) electrons. The number of carboxylic acids is 1. The van der Waals surface area contributed by atoms with E-state index in [0.29, 0.717) is 12.8 Å². The second-order valence-electron chi connectivity index (χ2n) is 6.05. The number of rotatable bonds is 6. The minimum absolute atomic E-state index is 0.0388. The Kier molecular flexibility index (Phi) is 5.79. The second kappa shape index (κ2) is 6.89. The van der Waals surface area contributed by atoms with Crippen LogP contribution in [0.3, 0.4) is 0 Å². The molecule has 1 amide bonds. The van der Waals surface area contributed by atoms with Gasteiger partial charge in [0.15, 0.2) is 0 Å². The van der Waals surface area contributed by atoms with Gasteiger partial charge in [-0.1, -0.05) is 19.3 Å². The van der Waals surface area contributed by atoms with Crippen LogP contribution in [-0.4, -0.2) is 48.6 Å². The molecular weight excluding hydrogens is 244 g/mol. The van der Waals surface area contributed by atoms with Crippen molar-refractivity contribution in [1.29, 1.82) is 0 Å². The molecule has 1 aliphatic carbocycles. The predicted octanol–water partition coefficient (Wildman–Crippen LogP) is 1.48. The van der Waals surface area contributed by atoms with E-state index in [-0.39, 0.29) is 18.4 Å². The number of hydrogen-bond acceptors (Lipinski definition) is 3. The molecule has 0 aromatic rings. The smallest absolute Gasteiger partial charge is 0.310 e. The van der Waals surface area contributed by atoms with Gasteiger partial charge in [-0.05, 0) is 33.9 Å². The Bertz CT molecular complexity index is 323. The van der Waals surface area contributed by atoms with Gasteiger partial charge in [0, 0.05) is 19.0 Å². The van der Waals surface area contributed by atoms with Gasteiger partial charge < -0.3 is 15.3 Å². The first-order chi connectivity index (χ1) is 8.85. The lowest BCUT2D eigenvalue weighted by molar-refractivity contribution is -0.154. The van der Waals surface area contributed by atoms with Crippen LogP contribution in [0.5, 0.6) is 0 Å².